The van der Waals surface area contributed by atoms with Crippen LogP contribution in [0.25, 0.3) is 0 Å². The van der Waals surface area contributed by atoms with Gasteiger partial charge in [-0.15, -0.1) is 0 Å². The fourth-order valence-electron chi connectivity index (χ4n) is 0.265. The van der Waals surface area contributed by atoms with Gasteiger partial charge in [-0.3, -0.25) is 0 Å². The summed E-state index contributed by atoms with van der Waals surface area (Å²) >= 11 is 0. The van der Waals surface area contributed by atoms with Crippen molar-refractivity contribution in [1.29, 1.82) is 0 Å². The van der Waals surface area contributed by atoms with Crippen LogP contribution >= 0.6 is 0 Å². The normalized spacial score (nSPS) is 12.3. The van der Waals surface area contributed by atoms with E-state index in [0.29, 0.717) is 0 Å². The summed E-state index contributed by atoms with van der Waals surface area (Å²) < 4.78 is 33.0. The van der Waals surface area contributed by atoms with Crippen LogP contribution in [0.3, 0.4) is 0 Å². The van der Waals surface area contributed by atoms with Gasteiger partial charge in [-0.05, 0) is 6.08 Å². The van der Waals surface area contributed by atoms with Gasteiger partial charge in [0.2, 0.25) is 6.61 Å². The second-order valence-corrected chi connectivity index (χ2v) is 2.29. The first kappa shape index (κ1) is 9.61. The summed E-state index contributed by atoms with van der Waals surface area (Å²) in [5.41, 5.74) is 0. The lowest BCUT2D eigenvalue weighted by molar-refractivity contribution is -1.92. The third kappa shape index (κ3) is 7.61. The highest BCUT2D eigenvalue weighted by Crippen LogP contribution is 1.87. The number of hydrogen-bond acceptors (Lipinski definition) is 4. The van der Waals surface area contributed by atoms with Crippen molar-refractivity contribution in [2.45, 2.75) is 0 Å². The molecule has 0 rings (SSSR count). The average molecular weight is 167 g/mol. The first-order chi connectivity index (χ1) is 4.56. The monoisotopic (exact) mass is 166 g/mol. The molecule has 0 aromatic heterocycles. The minimum absolute atomic E-state index is 0.251. The third-order valence-corrected chi connectivity index (χ3v) is 0.958. The van der Waals surface area contributed by atoms with Crippen molar-refractivity contribution in [3.05, 3.63) is 24.8 Å². The molecule has 0 heterocycles. The Morgan fingerprint density at radius 3 is 2.40 bits per heavy atom. The number of allylic oxidation sites excluding steroid dienone is 2. The fraction of sp³-hybridized carbons (Fsp3) is 0.200. The maximum absolute atomic E-state index is 9.73. The Kier molecular flexibility index (Phi) is 4.26. The van der Waals surface area contributed by atoms with Crippen LogP contribution in [0, 0.1) is 10.2 Å². The Balaban J connectivity index is 3.37. The quantitative estimate of drug-likeness (QED) is 0.438. The predicted octanol–water partition coefficient (Wildman–Crippen LogP) is -2.36. The largest absolute Gasteiger partial charge is 0.222 e. The molecule has 0 aliphatic carbocycles. The van der Waals surface area contributed by atoms with Crippen LogP contribution in [0.5, 0.6) is 0 Å². The zero-order valence-corrected chi connectivity index (χ0v) is 5.91. The smallest absolute Gasteiger partial charge is 0.183 e. The molecule has 0 aliphatic rings. The van der Waals surface area contributed by atoms with E-state index < -0.39 is 10.2 Å². The maximum atomic E-state index is 9.73. The highest BCUT2D eigenvalue weighted by molar-refractivity contribution is 4.96. The fourth-order valence-corrected chi connectivity index (χ4v) is 0.492. The third-order valence-electron chi connectivity index (χ3n) is 0.565. The van der Waals surface area contributed by atoms with Crippen LogP contribution in [0.15, 0.2) is 24.8 Å². The highest BCUT2D eigenvalue weighted by atomic mass is 35.7. The molecule has 0 bridgehead atoms. The molecule has 0 fully saturated rings. The molecule has 0 amide bonds. The van der Waals surface area contributed by atoms with Crippen LogP contribution in [0.2, 0.25) is 0 Å². The molecular weight excluding hydrogens is 160 g/mol. The van der Waals surface area contributed by atoms with E-state index in [2.05, 4.69) is 10.9 Å². The molecule has 0 aliphatic heterocycles. The lowest BCUT2D eigenvalue weighted by Crippen LogP contribution is -2.60. The summed E-state index contributed by atoms with van der Waals surface area (Å²) in [6.45, 7) is 3.07. The molecule has 58 valence electrons. The van der Waals surface area contributed by atoms with Crippen LogP contribution in [0.1, 0.15) is 0 Å². The molecule has 0 aromatic rings. The van der Waals surface area contributed by atoms with Gasteiger partial charge in [0.15, 0.2) is 0 Å². The average Bonchev–Trinajstić information content (AvgIpc) is 1.78. The van der Waals surface area contributed by atoms with Gasteiger partial charge in [-0.1, -0.05) is 18.7 Å². The van der Waals surface area contributed by atoms with Crippen molar-refractivity contribution in [2.75, 3.05) is 6.61 Å². The van der Waals surface area contributed by atoms with E-state index in [0.717, 1.165) is 0 Å². The second kappa shape index (κ2) is 4.43. The van der Waals surface area contributed by atoms with Gasteiger partial charge in [-0.25, -0.2) is 0 Å². The van der Waals surface area contributed by atoms with Gasteiger partial charge < -0.3 is 0 Å². The minimum Gasteiger partial charge on any atom is -0.183 e. The van der Waals surface area contributed by atoms with Crippen molar-refractivity contribution >= 4 is 0 Å². The van der Waals surface area contributed by atoms with Gasteiger partial charge in [-0.2, -0.15) is 14.0 Å². The van der Waals surface area contributed by atoms with Crippen molar-refractivity contribution in [1.82, 2.24) is 0 Å². The molecule has 0 atom stereocenters. The van der Waals surface area contributed by atoms with Gasteiger partial charge in [0.25, 0.3) is 0 Å². The number of hydrogen-bond donors (Lipinski definition) is 0. The zero-order chi connectivity index (χ0) is 8.04. The van der Waals surface area contributed by atoms with Gasteiger partial charge >= 0.3 is 0 Å². The van der Waals surface area contributed by atoms with Gasteiger partial charge in [0, 0.05) is 0 Å². The molecule has 4 nitrogen and oxygen atoms in total. The number of rotatable bonds is 4. The molecule has 0 saturated heterocycles. The Bertz CT molecular complexity index is 126. The summed E-state index contributed by atoms with van der Waals surface area (Å²) in [5.74, 6) is 0. The van der Waals surface area contributed by atoms with Crippen molar-refractivity contribution in [2.24, 2.45) is 0 Å². The highest BCUT2D eigenvalue weighted by Gasteiger charge is 2.13. The van der Waals surface area contributed by atoms with Gasteiger partial charge in [0.1, 0.15) is 0 Å². The van der Waals surface area contributed by atoms with Crippen molar-refractivity contribution in [3.8, 4) is 0 Å². The minimum atomic E-state index is -4.29. The maximum Gasteiger partial charge on any atom is 0.222 e. The summed E-state index contributed by atoms with van der Waals surface area (Å²) in [7, 11) is -4.29. The first-order valence-corrected chi connectivity index (χ1v) is 3.62. The molecule has 0 spiro atoms. The topological polar surface area (TPSA) is 78.4 Å². The molecule has 10 heavy (non-hydrogen) atoms. The number of halogens is 1. The summed E-state index contributed by atoms with van der Waals surface area (Å²) in [6, 6.07) is 0. The lowest BCUT2D eigenvalue weighted by Gasteiger charge is -2.10. The van der Waals surface area contributed by atoms with Crippen LogP contribution in [-0.4, -0.2) is 6.61 Å². The summed E-state index contributed by atoms with van der Waals surface area (Å²) in [6.07, 6.45) is 4.27. The summed E-state index contributed by atoms with van der Waals surface area (Å²) in [4.78, 5) is 0. The Hall–Kier alpha value is -0.390. The molecule has 5 heteroatoms. The Morgan fingerprint density at radius 2 is 2.00 bits per heavy atom. The Labute approximate surface area is 60.8 Å². The molecular formula is C5H7ClO4. The molecule has 0 N–H and O–H groups in total. The van der Waals surface area contributed by atoms with Gasteiger partial charge in [0.05, 0.1) is 14.5 Å². The second-order valence-electron chi connectivity index (χ2n) is 1.32. The van der Waals surface area contributed by atoms with E-state index in [1.165, 1.54) is 18.2 Å². The van der Waals surface area contributed by atoms with Crippen LogP contribution < -0.4 is 14.0 Å². The molecule has 0 unspecified atom stereocenters. The van der Waals surface area contributed by atoms with Crippen molar-refractivity contribution in [3.63, 3.8) is 0 Å². The zero-order valence-electron chi connectivity index (χ0n) is 5.16. The van der Waals surface area contributed by atoms with E-state index in [1.54, 1.807) is 0 Å². The van der Waals surface area contributed by atoms with E-state index in [1.807, 2.05) is 0 Å². The van der Waals surface area contributed by atoms with Crippen molar-refractivity contribution < 1.29 is 28.5 Å². The van der Waals surface area contributed by atoms with Crippen LogP contribution in [-0.2, 0) is 4.29 Å². The van der Waals surface area contributed by atoms with Crippen LogP contribution in [0.4, 0.5) is 0 Å². The standard InChI is InChI=1S/C5H7ClO4/c1-2-3-4-5-10-6(7,8)9/h2-4H,1,5H2/b4-3+. The lowest BCUT2D eigenvalue weighted by atomic mass is 10.5. The molecule has 0 saturated carbocycles. The van der Waals surface area contributed by atoms with E-state index in [9.17, 15) is 14.0 Å². The van der Waals surface area contributed by atoms with E-state index in [-0.39, 0.29) is 6.61 Å². The Morgan fingerprint density at radius 1 is 1.40 bits per heavy atom. The SMILES string of the molecule is C=C/C=C/CO[Cl+3]([O-])([O-])[O-]. The van der Waals surface area contributed by atoms with E-state index in [4.69, 9.17) is 0 Å². The van der Waals surface area contributed by atoms with E-state index >= 15 is 0 Å². The molecule has 0 aromatic carbocycles. The summed E-state index contributed by atoms with van der Waals surface area (Å²) in [5, 5.41) is 0. The molecule has 0 radical (unpaired) electrons. The first-order valence-electron chi connectivity index (χ1n) is 2.39. The predicted molar refractivity (Wildman–Crippen MR) is 25.3 cm³/mol.